The molecule has 0 fully saturated rings. The molecule has 2 aromatic carbocycles. The van der Waals surface area contributed by atoms with Gasteiger partial charge >= 0.3 is 0 Å². The lowest BCUT2D eigenvalue weighted by Crippen LogP contribution is -2.47. The number of nitro groups is 1. The number of ether oxygens (including phenoxy) is 1. The zero-order valence-corrected chi connectivity index (χ0v) is 19.1. The summed E-state index contributed by atoms with van der Waals surface area (Å²) in [5, 5.41) is 16.6. The number of nitrogens with one attached hydrogen (secondary N) is 2. The molecule has 0 heterocycles. The predicted octanol–water partition coefficient (Wildman–Crippen LogP) is 4.02. The molecule has 0 saturated heterocycles. The molecule has 0 aliphatic rings. The number of nitrogens with zero attached hydrogens (tertiary/aromatic N) is 1. The van der Waals surface area contributed by atoms with Crippen molar-refractivity contribution < 1.29 is 19.2 Å². The Balaban J connectivity index is 2.26. The van der Waals surface area contributed by atoms with Gasteiger partial charge in [0.1, 0.15) is 18.4 Å². The summed E-state index contributed by atoms with van der Waals surface area (Å²) in [6, 6.07) is 7.37. The Morgan fingerprint density at radius 1 is 1.22 bits per heavy atom. The molecular formula is C21H24Cl2N4O5. The van der Waals surface area contributed by atoms with E-state index in [2.05, 4.69) is 10.6 Å². The van der Waals surface area contributed by atoms with Crippen LogP contribution in [-0.4, -0.2) is 35.9 Å². The molecule has 2 aromatic rings. The third-order valence-electron chi connectivity index (χ3n) is 4.77. The number of non-ortho nitro benzene ring substituents is 1. The number of rotatable bonds is 10. The van der Waals surface area contributed by atoms with Gasteiger partial charge in [-0.15, -0.1) is 0 Å². The number of hydrogen-bond acceptors (Lipinski definition) is 6. The predicted molar refractivity (Wildman–Crippen MR) is 123 cm³/mol. The molecule has 0 aromatic heterocycles. The first-order valence-corrected chi connectivity index (χ1v) is 10.6. The first-order chi connectivity index (χ1) is 15.2. The van der Waals surface area contributed by atoms with E-state index in [0.717, 1.165) is 6.07 Å². The third kappa shape index (κ3) is 6.56. The summed E-state index contributed by atoms with van der Waals surface area (Å²) in [6.45, 7) is 4.16. The van der Waals surface area contributed by atoms with Crippen molar-refractivity contribution in [3.8, 4) is 5.75 Å². The molecule has 4 N–H and O–H groups in total. The van der Waals surface area contributed by atoms with Crippen molar-refractivity contribution in [2.24, 2.45) is 11.7 Å². The molecule has 0 aliphatic carbocycles. The van der Waals surface area contributed by atoms with Gasteiger partial charge in [0.25, 0.3) is 11.6 Å². The molecule has 0 unspecified atom stereocenters. The number of carbonyl (C=O) groups is 2. The normalized spacial score (nSPS) is 12.5. The minimum absolute atomic E-state index is 0.00842. The van der Waals surface area contributed by atoms with Crippen molar-refractivity contribution in [3.05, 3.63) is 62.1 Å². The molecule has 0 aliphatic heterocycles. The van der Waals surface area contributed by atoms with Crippen LogP contribution < -0.4 is 21.1 Å². The first kappa shape index (κ1) is 25.4. The van der Waals surface area contributed by atoms with E-state index in [0.29, 0.717) is 17.2 Å². The van der Waals surface area contributed by atoms with Crippen molar-refractivity contribution >= 4 is 46.4 Å². The van der Waals surface area contributed by atoms with Gasteiger partial charge in [0.05, 0.1) is 21.2 Å². The maximum atomic E-state index is 13.0. The zero-order chi connectivity index (χ0) is 23.8. The van der Waals surface area contributed by atoms with Gasteiger partial charge in [0.15, 0.2) is 0 Å². The minimum atomic E-state index is -0.917. The van der Waals surface area contributed by atoms with E-state index in [4.69, 9.17) is 33.7 Å². The fourth-order valence-corrected chi connectivity index (χ4v) is 3.22. The van der Waals surface area contributed by atoms with Crippen LogP contribution >= 0.6 is 23.2 Å². The highest BCUT2D eigenvalue weighted by Gasteiger charge is 2.28. The van der Waals surface area contributed by atoms with Gasteiger partial charge in [0.2, 0.25) is 5.91 Å². The van der Waals surface area contributed by atoms with Crippen molar-refractivity contribution in [2.45, 2.75) is 26.3 Å². The summed E-state index contributed by atoms with van der Waals surface area (Å²) in [5.74, 6) is -1.01. The van der Waals surface area contributed by atoms with Crippen LogP contribution in [0.25, 0.3) is 0 Å². The van der Waals surface area contributed by atoms with Crippen molar-refractivity contribution in [1.29, 1.82) is 0 Å². The summed E-state index contributed by atoms with van der Waals surface area (Å²) in [4.78, 5) is 36.3. The van der Waals surface area contributed by atoms with E-state index < -0.39 is 22.8 Å². The van der Waals surface area contributed by atoms with Gasteiger partial charge in [-0.05, 0) is 30.2 Å². The lowest BCUT2D eigenvalue weighted by Gasteiger charge is -2.24. The number of nitro benzene ring substituents is 1. The van der Waals surface area contributed by atoms with Crippen LogP contribution in [0.4, 0.5) is 11.4 Å². The highest BCUT2D eigenvalue weighted by Crippen LogP contribution is 2.28. The number of carbonyl (C=O) groups excluding carboxylic acids is 2. The molecule has 0 radical (unpaired) electrons. The third-order valence-corrected chi connectivity index (χ3v) is 5.31. The summed E-state index contributed by atoms with van der Waals surface area (Å²) in [7, 11) is 0. The number of anilines is 1. The highest BCUT2D eigenvalue weighted by molar-refractivity contribution is 6.34. The van der Waals surface area contributed by atoms with Crippen LogP contribution in [0, 0.1) is 16.0 Å². The molecule has 2 atom stereocenters. The quantitative estimate of drug-likeness (QED) is 0.345. The molecule has 9 nitrogen and oxygen atoms in total. The number of hydrogen-bond donors (Lipinski definition) is 3. The average molecular weight is 483 g/mol. The van der Waals surface area contributed by atoms with Crippen molar-refractivity contribution in [3.63, 3.8) is 0 Å². The minimum Gasteiger partial charge on any atom is -0.491 e. The lowest BCUT2D eigenvalue weighted by molar-refractivity contribution is -0.384. The second-order valence-corrected chi connectivity index (χ2v) is 7.87. The monoisotopic (exact) mass is 482 g/mol. The molecule has 0 saturated carbocycles. The number of nitrogens with two attached hydrogens (primary N) is 1. The molecule has 0 bridgehead atoms. The van der Waals surface area contributed by atoms with E-state index in [9.17, 15) is 19.7 Å². The van der Waals surface area contributed by atoms with Crippen LogP contribution in [0.2, 0.25) is 10.0 Å². The number of amides is 2. The van der Waals surface area contributed by atoms with Crippen LogP contribution in [0.3, 0.4) is 0 Å². The smallest absolute Gasteiger partial charge is 0.271 e. The van der Waals surface area contributed by atoms with Gasteiger partial charge in [-0.1, -0.05) is 43.5 Å². The van der Waals surface area contributed by atoms with Crippen molar-refractivity contribution in [2.75, 3.05) is 18.5 Å². The molecule has 172 valence electrons. The second-order valence-electron chi connectivity index (χ2n) is 7.02. The van der Waals surface area contributed by atoms with E-state index in [1.807, 2.05) is 13.8 Å². The van der Waals surface area contributed by atoms with Crippen molar-refractivity contribution in [1.82, 2.24) is 5.32 Å². The Kier molecular flexibility index (Phi) is 9.25. The Hall–Kier alpha value is -2.88. The lowest BCUT2D eigenvalue weighted by atomic mass is 9.97. The van der Waals surface area contributed by atoms with Gasteiger partial charge in [-0.25, -0.2) is 0 Å². The van der Waals surface area contributed by atoms with Gasteiger partial charge in [-0.2, -0.15) is 0 Å². The van der Waals surface area contributed by atoms with Crippen LogP contribution in [0.1, 0.15) is 30.6 Å². The van der Waals surface area contributed by atoms with Gasteiger partial charge in [0, 0.05) is 23.7 Å². The fraction of sp³-hybridized carbons (Fsp3) is 0.333. The molecule has 11 heteroatoms. The van der Waals surface area contributed by atoms with Crippen LogP contribution in [0.5, 0.6) is 5.75 Å². The summed E-state index contributed by atoms with van der Waals surface area (Å²) < 4.78 is 5.52. The summed E-state index contributed by atoms with van der Waals surface area (Å²) in [5.41, 5.74) is 5.63. The van der Waals surface area contributed by atoms with E-state index >= 15 is 0 Å². The van der Waals surface area contributed by atoms with Crippen LogP contribution in [-0.2, 0) is 4.79 Å². The van der Waals surface area contributed by atoms with E-state index in [1.54, 1.807) is 12.1 Å². The van der Waals surface area contributed by atoms with E-state index in [-0.39, 0.29) is 41.0 Å². The van der Waals surface area contributed by atoms with E-state index in [1.165, 1.54) is 18.2 Å². The Labute approximate surface area is 195 Å². The molecule has 2 amide bonds. The standard InChI is InChI=1S/C21H24Cl2N4O5/c1-3-12(2)19(21(29)25-17-6-5-14(27(30)31)11-16(17)23)26-20(28)15-10-13(22)4-7-18(15)32-9-8-24/h4-7,10-12,19H,3,8-9,24H2,1-2H3,(H,25,29)(H,26,28)/t12-,19+/m1/s1. The second kappa shape index (κ2) is 11.7. The number of benzene rings is 2. The summed E-state index contributed by atoms with van der Waals surface area (Å²) in [6.07, 6.45) is 0.596. The van der Waals surface area contributed by atoms with Gasteiger partial charge in [-0.3, -0.25) is 19.7 Å². The van der Waals surface area contributed by atoms with Crippen LogP contribution in [0.15, 0.2) is 36.4 Å². The maximum Gasteiger partial charge on any atom is 0.271 e. The zero-order valence-electron chi connectivity index (χ0n) is 17.6. The molecule has 2 rings (SSSR count). The Bertz CT molecular complexity index is 1000. The maximum absolute atomic E-state index is 13.0. The molecule has 32 heavy (non-hydrogen) atoms. The Morgan fingerprint density at radius 3 is 2.53 bits per heavy atom. The summed E-state index contributed by atoms with van der Waals surface area (Å²) >= 11 is 12.1. The first-order valence-electron chi connectivity index (χ1n) is 9.86. The van der Waals surface area contributed by atoms with Gasteiger partial charge < -0.3 is 21.1 Å². The average Bonchev–Trinajstić information content (AvgIpc) is 2.76. The highest BCUT2D eigenvalue weighted by atomic mass is 35.5. The largest absolute Gasteiger partial charge is 0.491 e. The molecule has 0 spiro atoms. The topological polar surface area (TPSA) is 137 Å². The number of halogens is 2. The molecular weight excluding hydrogens is 459 g/mol. The Morgan fingerprint density at radius 2 is 1.94 bits per heavy atom. The SMILES string of the molecule is CC[C@@H](C)[C@H](NC(=O)c1cc(Cl)ccc1OCCN)C(=O)Nc1ccc([N+](=O)[O-])cc1Cl. The fourth-order valence-electron chi connectivity index (χ4n) is 2.82.